The van der Waals surface area contributed by atoms with Gasteiger partial charge in [0.25, 0.3) is 0 Å². The van der Waals surface area contributed by atoms with Crippen molar-refractivity contribution in [1.29, 1.82) is 5.26 Å². The molecule has 92 valence electrons. The molecule has 0 fully saturated rings. The maximum Gasteiger partial charge on any atom is 0.101 e. The molecule has 0 aromatic heterocycles. The van der Waals surface area contributed by atoms with Gasteiger partial charge in [0.15, 0.2) is 0 Å². The van der Waals surface area contributed by atoms with Crippen molar-refractivity contribution in [2.75, 3.05) is 18.1 Å². The summed E-state index contributed by atoms with van der Waals surface area (Å²) in [6.45, 7) is 2.64. The number of hydrogen-bond donors (Lipinski definition) is 1. The number of benzene rings is 1. The molecule has 1 rings (SSSR count). The molecule has 2 unspecified atom stereocenters. The van der Waals surface area contributed by atoms with Crippen LogP contribution < -0.4 is 5.32 Å². The molecule has 1 N–H and O–H groups in total. The molecule has 1 aromatic rings. The van der Waals surface area contributed by atoms with Gasteiger partial charge >= 0.3 is 0 Å². The predicted molar refractivity (Wildman–Crippen MR) is 72.8 cm³/mol. The van der Waals surface area contributed by atoms with Gasteiger partial charge in [-0.3, -0.25) is 4.21 Å². The molecule has 0 amide bonds. The van der Waals surface area contributed by atoms with Gasteiger partial charge in [0.1, 0.15) is 6.07 Å². The molecule has 0 aliphatic heterocycles. The Kier molecular flexibility index (Phi) is 5.46. The lowest BCUT2D eigenvalue weighted by atomic mass is 10.2. The molecular weight excluding hydrogens is 256 g/mol. The minimum absolute atomic E-state index is 0.153. The highest BCUT2D eigenvalue weighted by Gasteiger charge is 2.06. The fraction of sp³-hybridized carbons (Fsp3) is 0.417. The Hall–Kier alpha value is -1.05. The summed E-state index contributed by atoms with van der Waals surface area (Å²) in [5.41, 5.74) is 1.30. The number of halogens is 1. The highest BCUT2D eigenvalue weighted by molar-refractivity contribution is 7.84. The molecular formula is C12H15ClN2OS. The van der Waals surface area contributed by atoms with Crippen LogP contribution in [0.15, 0.2) is 18.2 Å². The number of nitrogens with zero attached hydrogens (tertiary/aromatic N) is 1. The van der Waals surface area contributed by atoms with Crippen LogP contribution in [0.5, 0.6) is 0 Å². The number of nitriles is 1. The van der Waals surface area contributed by atoms with E-state index in [-0.39, 0.29) is 5.25 Å². The molecule has 0 spiro atoms. The van der Waals surface area contributed by atoms with Crippen molar-refractivity contribution < 1.29 is 4.21 Å². The molecule has 0 heterocycles. The average molecular weight is 271 g/mol. The third-order valence-electron chi connectivity index (χ3n) is 2.54. The number of nitrogens with one attached hydrogen (secondary N) is 1. The van der Waals surface area contributed by atoms with Crippen molar-refractivity contribution in [2.24, 2.45) is 0 Å². The van der Waals surface area contributed by atoms with Crippen LogP contribution in [0.1, 0.15) is 18.9 Å². The lowest BCUT2D eigenvalue weighted by Gasteiger charge is -2.11. The third-order valence-corrected chi connectivity index (χ3v) is 4.14. The number of rotatable bonds is 5. The molecule has 0 aliphatic rings. The van der Waals surface area contributed by atoms with Crippen molar-refractivity contribution in [3.05, 3.63) is 28.8 Å². The Labute approximate surface area is 109 Å². The molecule has 0 aliphatic carbocycles. The maximum atomic E-state index is 11.2. The van der Waals surface area contributed by atoms with Crippen LogP contribution in [-0.2, 0) is 10.8 Å². The molecule has 0 bridgehead atoms. The summed E-state index contributed by atoms with van der Waals surface area (Å²) in [6.07, 6.45) is 2.50. The first-order chi connectivity index (χ1) is 8.04. The van der Waals surface area contributed by atoms with E-state index in [2.05, 4.69) is 11.4 Å². The molecule has 2 atom stereocenters. The highest BCUT2D eigenvalue weighted by atomic mass is 35.5. The summed E-state index contributed by atoms with van der Waals surface area (Å²) in [5, 5.41) is 12.8. The average Bonchev–Trinajstić information content (AvgIpc) is 2.30. The van der Waals surface area contributed by atoms with E-state index in [0.717, 1.165) is 12.1 Å². The van der Waals surface area contributed by atoms with Gasteiger partial charge in [-0.1, -0.05) is 18.5 Å². The van der Waals surface area contributed by atoms with Crippen molar-refractivity contribution in [2.45, 2.75) is 18.6 Å². The van der Waals surface area contributed by atoms with E-state index in [0.29, 0.717) is 17.1 Å². The van der Waals surface area contributed by atoms with Gasteiger partial charge in [-0.05, 0) is 24.6 Å². The lowest BCUT2D eigenvalue weighted by molar-refractivity contribution is 0.672. The summed E-state index contributed by atoms with van der Waals surface area (Å²) >= 11 is 5.80. The first-order valence-electron chi connectivity index (χ1n) is 5.30. The van der Waals surface area contributed by atoms with Crippen LogP contribution in [-0.4, -0.2) is 22.3 Å². The topological polar surface area (TPSA) is 52.9 Å². The molecule has 0 radical (unpaired) electrons. The molecule has 0 saturated heterocycles. The molecule has 0 saturated carbocycles. The third kappa shape index (κ3) is 4.37. The Morgan fingerprint density at radius 2 is 2.29 bits per heavy atom. The highest BCUT2D eigenvalue weighted by Crippen LogP contribution is 2.19. The van der Waals surface area contributed by atoms with Gasteiger partial charge in [0.05, 0.1) is 11.3 Å². The van der Waals surface area contributed by atoms with E-state index in [1.807, 2.05) is 6.92 Å². The second-order valence-corrected chi connectivity index (χ2v) is 6.06. The maximum absolute atomic E-state index is 11.2. The molecule has 17 heavy (non-hydrogen) atoms. The van der Waals surface area contributed by atoms with E-state index in [1.54, 1.807) is 24.5 Å². The fourth-order valence-corrected chi connectivity index (χ4v) is 1.96. The smallest absolute Gasteiger partial charge is 0.101 e. The fourth-order valence-electron chi connectivity index (χ4n) is 1.34. The van der Waals surface area contributed by atoms with Crippen LogP contribution in [0.4, 0.5) is 5.69 Å². The molecule has 1 aromatic carbocycles. The van der Waals surface area contributed by atoms with E-state index in [4.69, 9.17) is 16.9 Å². The van der Waals surface area contributed by atoms with Gasteiger partial charge in [-0.25, -0.2) is 0 Å². The van der Waals surface area contributed by atoms with Crippen molar-refractivity contribution in [3.63, 3.8) is 0 Å². The Balaban J connectivity index is 2.58. The quantitative estimate of drug-likeness (QED) is 0.895. The normalized spacial score (nSPS) is 13.8. The van der Waals surface area contributed by atoms with Gasteiger partial charge in [-0.2, -0.15) is 5.26 Å². The monoisotopic (exact) mass is 270 g/mol. The van der Waals surface area contributed by atoms with Crippen LogP contribution >= 0.6 is 11.6 Å². The second-order valence-electron chi connectivity index (χ2n) is 3.83. The van der Waals surface area contributed by atoms with Crippen molar-refractivity contribution in [3.8, 4) is 6.07 Å². The standard InChI is InChI=1S/C12H15ClN2OS/c1-9(17(2)16)5-6-15-12-4-3-11(13)7-10(12)8-14/h3-4,7,9,15H,5-6H2,1-2H3. The number of hydrogen-bond acceptors (Lipinski definition) is 3. The summed E-state index contributed by atoms with van der Waals surface area (Å²) in [7, 11) is -0.805. The van der Waals surface area contributed by atoms with Crippen LogP contribution in [0.3, 0.4) is 0 Å². The molecule has 5 heteroatoms. The minimum atomic E-state index is -0.805. The van der Waals surface area contributed by atoms with E-state index in [1.165, 1.54) is 0 Å². The Morgan fingerprint density at radius 1 is 1.59 bits per heavy atom. The first kappa shape index (κ1) is 14.0. The second kappa shape index (κ2) is 6.63. The Morgan fingerprint density at radius 3 is 2.88 bits per heavy atom. The summed E-state index contributed by atoms with van der Waals surface area (Å²) in [4.78, 5) is 0. The molecule has 3 nitrogen and oxygen atoms in total. The zero-order chi connectivity index (χ0) is 12.8. The zero-order valence-corrected chi connectivity index (χ0v) is 11.4. The zero-order valence-electron chi connectivity index (χ0n) is 9.87. The number of anilines is 1. The summed E-state index contributed by atoms with van der Waals surface area (Å²) in [6, 6.07) is 7.25. The van der Waals surface area contributed by atoms with Gasteiger partial charge in [-0.15, -0.1) is 0 Å². The predicted octanol–water partition coefficient (Wildman–Crippen LogP) is 2.78. The van der Waals surface area contributed by atoms with Gasteiger partial charge in [0.2, 0.25) is 0 Å². The summed E-state index contributed by atoms with van der Waals surface area (Å²) < 4.78 is 11.2. The minimum Gasteiger partial charge on any atom is -0.384 e. The summed E-state index contributed by atoms with van der Waals surface area (Å²) in [5.74, 6) is 0. The SMILES string of the molecule is CC(CCNc1ccc(Cl)cc1C#N)S(C)=O. The van der Waals surface area contributed by atoms with E-state index < -0.39 is 10.8 Å². The lowest BCUT2D eigenvalue weighted by Crippen LogP contribution is -2.15. The Bertz CT molecular complexity index is 456. The van der Waals surface area contributed by atoms with Gasteiger partial charge < -0.3 is 5.32 Å². The van der Waals surface area contributed by atoms with E-state index in [9.17, 15) is 4.21 Å². The van der Waals surface area contributed by atoms with Crippen LogP contribution in [0.25, 0.3) is 0 Å². The van der Waals surface area contributed by atoms with Crippen LogP contribution in [0, 0.1) is 11.3 Å². The largest absolute Gasteiger partial charge is 0.384 e. The van der Waals surface area contributed by atoms with Crippen molar-refractivity contribution >= 4 is 28.1 Å². The van der Waals surface area contributed by atoms with Gasteiger partial charge in [0, 0.05) is 33.9 Å². The van der Waals surface area contributed by atoms with E-state index >= 15 is 0 Å². The van der Waals surface area contributed by atoms with Crippen LogP contribution in [0.2, 0.25) is 5.02 Å². The first-order valence-corrected chi connectivity index (χ1v) is 7.30. The van der Waals surface area contributed by atoms with Crippen molar-refractivity contribution in [1.82, 2.24) is 0 Å².